The van der Waals surface area contributed by atoms with E-state index in [9.17, 15) is 9.59 Å². The number of nitrogens with one attached hydrogen (secondary N) is 2. The molecule has 1 aromatic heterocycles. The molecule has 3 rings (SSSR count). The number of carbonyl (C=O) groups is 1. The first-order chi connectivity index (χ1) is 14.0. The molecule has 150 valence electrons. The molecule has 0 radical (unpaired) electrons. The molecule has 2 N–H and O–H groups in total. The first-order valence-electron chi connectivity index (χ1n) is 9.12. The van der Waals surface area contributed by atoms with Crippen LogP contribution in [0.2, 0.25) is 0 Å². The Hall–Kier alpha value is -2.71. The van der Waals surface area contributed by atoms with Crippen molar-refractivity contribution in [1.82, 2.24) is 15.3 Å². The maximum Gasteiger partial charge on any atom is 0.338 e. The number of aromatic amines is 1. The summed E-state index contributed by atoms with van der Waals surface area (Å²) in [6, 6.07) is 12.9. The van der Waals surface area contributed by atoms with Gasteiger partial charge < -0.3 is 15.0 Å². The van der Waals surface area contributed by atoms with Crippen LogP contribution in [0, 0.1) is 6.92 Å². The van der Waals surface area contributed by atoms with Gasteiger partial charge in [-0.2, -0.15) is 0 Å². The minimum atomic E-state index is -0.316. The molecule has 3 aromatic rings. The lowest BCUT2D eigenvalue weighted by molar-refractivity contribution is 0.0526. The molecular weight excluding hydrogens is 406 g/mol. The van der Waals surface area contributed by atoms with Crippen molar-refractivity contribution in [3.05, 3.63) is 75.3 Å². The van der Waals surface area contributed by atoms with Gasteiger partial charge in [-0.15, -0.1) is 0 Å². The Bertz CT molecular complexity index is 1090. The van der Waals surface area contributed by atoms with E-state index < -0.39 is 0 Å². The summed E-state index contributed by atoms with van der Waals surface area (Å²) in [7, 11) is 0. The minimum Gasteiger partial charge on any atom is -0.462 e. The van der Waals surface area contributed by atoms with Gasteiger partial charge in [-0.1, -0.05) is 42.2 Å². The van der Waals surface area contributed by atoms with Crippen molar-refractivity contribution in [2.24, 2.45) is 0 Å². The molecule has 0 atom stereocenters. The van der Waals surface area contributed by atoms with Gasteiger partial charge in [0, 0.05) is 12.3 Å². The van der Waals surface area contributed by atoms with Crippen LogP contribution < -0.4 is 10.9 Å². The van der Waals surface area contributed by atoms with Crippen LogP contribution >= 0.6 is 24.0 Å². The second-order valence-electron chi connectivity index (χ2n) is 6.35. The third-order valence-electron chi connectivity index (χ3n) is 4.16. The van der Waals surface area contributed by atoms with Gasteiger partial charge in [0.1, 0.15) is 10.1 Å². The number of aromatic nitrogens is 2. The van der Waals surface area contributed by atoms with E-state index in [-0.39, 0.29) is 11.5 Å². The Kier molecular flexibility index (Phi) is 7.00. The fourth-order valence-electron chi connectivity index (χ4n) is 2.74. The SMILES string of the molecule is CCOC(=O)c1ccc(CSC(=S)NCc2ccc3nc(C)[nH]c(=O)c3c2)cc1. The van der Waals surface area contributed by atoms with E-state index in [0.717, 1.165) is 11.1 Å². The number of carbonyl (C=O) groups excluding carboxylic acids is 1. The molecule has 6 nitrogen and oxygen atoms in total. The van der Waals surface area contributed by atoms with Gasteiger partial charge in [0.15, 0.2) is 0 Å². The lowest BCUT2D eigenvalue weighted by atomic mass is 10.1. The average molecular weight is 428 g/mol. The number of hydrogen-bond donors (Lipinski definition) is 2. The zero-order chi connectivity index (χ0) is 20.8. The molecule has 2 aromatic carbocycles. The summed E-state index contributed by atoms with van der Waals surface area (Å²) in [4.78, 5) is 30.8. The highest BCUT2D eigenvalue weighted by Crippen LogP contribution is 2.16. The van der Waals surface area contributed by atoms with Gasteiger partial charge in [0.25, 0.3) is 5.56 Å². The third kappa shape index (κ3) is 5.65. The quantitative estimate of drug-likeness (QED) is 0.458. The molecular formula is C21H21N3O3S2. The Balaban J connectivity index is 1.53. The van der Waals surface area contributed by atoms with Gasteiger partial charge in [-0.05, 0) is 49.2 Å². The van der Waals surface area contributed by atoms with Crippen LogP contribution in [0.1, 0.15) is 34.2 Å². The summed E-state index contributed by atoms with van der Waals surface area (Å²) >= 11 is 6.90. The summed E-state index contributed by atoms with van der Waals surface area (Å²) in [5.41, 5.74) is 3.09. The largest absolute Gasteiger partial charge is 0.462 e. The number of esters is 1. The van der Waals surface area contributed by atoms with E-state index in [1.807, 2.05) is 30.3 Å². The lowest BCUT2D eigenvalue weighted by Gasteiger charge is -2.09. The Morgan fingerprint density at radius 3 is 2.66 bits per heavy atom. The zero-order valence-corrected chi connectivity index (χ0v) is 17.8. The summed E-state index contributed by atoms with van der Waals surface area (Å²) in [6.45, 7) is 4.43. The van der Waals surface area contributed by atoms with Gasteiger partial charge in [-0.3, -0.25) is 4.79 Å². The highest BCUT2D eigenvalue weighted by atomic mass is 32.2. The van der Waals surface area contributed by atoms with E-state index in [1.54, 1.807) is 26.0 Å². The molecule has 0 unspecified atom stereocenters. The van der Waals surface area contributed by atoms with Crippen LogP contribution in [0.5, 0.6) is 0 Å². The number of rotatable bonds is 6. The van der Waals surface area contributed by atoms with E-state index in [1.165, 1.54) is 11.8 Å². The van der Waals surface area contributed by atoms with Crippen LogP contribution in [0.15, 0.2) is 47.3 Å². The zero-order valence-electron chi connectivity index (χ0n) is 16.2. The Morgan fingerprint density at radius 2 is 1.93 bits per heavy atom. The predicted octanol–water partition coefficient (Wildman–Crippen LogP) is 3.72. The number of H-pyrrole nitrogens is 1. The molecule has 0 aliphatic heterocycles. The smallest absolute Gasteiger partial charge is 0.338 e. The number of nitrogens with zero attached hydrogens (tertiary/aromatic N) is 1. The van der Waals surface area contributed by atoms with E-state index in [4.69, 9.17) is 17.0 Å². The molecule has 0 fully saturated rings. The van der Waals surface area contributed by atoms with Crippen LogP contribution in [-0.2, 0) is 17.0 Å². The lowest BCUT2D eigenvalue weighted by Crippen LogP contribution is -2.18. The summed E-state index contributed by atoms with van der Waals surface area (Å²) in [6.07, 6.45) is 0. The number of ether oxygens (including phenoxy) is 1. The van der Waals surface area contributed by atoms with E-state index >= 15 is 0 Å². The van der Waals surface area contributed by atoms with E-state index in [2.05, 4.69) is 15.3 Å². The number of fused-ring (bicyclic) bond motifs is 1. The second-order valence-corrected chi connectivity index (χ2v) is 8.00. The molecule has 0 saturated carbocycles. The van der Waals surface area contributed by atoms with Crippen LogP contribution in [0.25, 0.3) is 10.9 Å². The molecule has 0 bridgehead atoms. The number of thiocarbonyl (C=S) groups is 1. The van der Waals surface area contributed by atoms with Crippen LogP contribution in [0.4, 0.5) is 0 Å². The molecule has 1 heterocycles. The molecule has 0 saturated heterocycles. The Labute approximate surface area is 178 Å². The summed E-state index contributed by atoms with van der Waals surface area (Å²) < 4.78 is 5.64. The highest BCUT2D eigenvalue weighted by Gasteiger charge is 2.07. The number of aryl methyl sites for hydroxylation is 1. The van der Waals surface area contributed by atoms with Crippen molar-refractivity contribution in [3.8, 4) is 0 Å². The molecule has 0 aliphatic carbocycles. The van der Waals surface area contributed by atoms with Gasteiger partial charge >= 0.3 is 5.97 Å². The monoisotopic (exact) mass is 427 g/mol. The normalized spacial score (nSPS) is 10.7. The number of thioether (sulfide) groups is 1. The van der Waals surface area contributed by atoms with Crippen molar-refractivity contribution >= 4 is 45.2 Å². The predicted molar refractivity (Wildman–Crippen MR) is 120 cm³/mol. The maximum atomic E-state index is 12.1. The molecule has 0 spiro atoms. The number of hydrogen-bond acceptors (Lipinski definition) is 6. The fraction of sp³-hybridized carbons (Fsp3) is 0.238. The molecule has 0 amide bonds. The average Bonchev–Trinajstić information content (AvgIpc) is 2.71. The highest BCUT2D eigenvalue weighted by molar-refractivity contribution is 8.22. The minimum absolute atomic E-state index is 0.141. The first-order valence-corrected chi connectivity index (χ1v) is 10.5. The Morgan fingerprint density at radius 1 is 1.21 bits per heavy atom. The molecule has 29 heavy (non-hydrogen) atoms. The van der Waals surface area contributed by atoms with Gasteiger partial charge in [0.05, 0.1) is 23.1 Å². The van der Waals surface area contributed by atoms with Crippen molar-refractivity contribution in [3.63, 3.8) is 0 Å². The number of benzene rings is 2. The maximum absolute atomic E-state index is 12.1. The molecule has 0 aliphatic rings. The third-order valence-corrected chi connectivity index (χ3v) is 5.54. The van der Waals surface area contributed by atoms with E-state index in [0.29, 0.717) is 45.5 Å². The van der Waals surface area contributed by atoms with Crippen molar-refractivity contribution in [1.29, 1.82) is 0 Å². The summed E-state index contributed by atoms with van der Waals surface area (Å²) in [5, 5.41) is 3.76. The molecule has 8 heteroatoms. The second kappa shape index (κ2) is 9.67. The van der Waals surface area contributed by atoms with Crippen molar-refractivity contribution in [2.75, 3.05) is 6.61 Å². The van der Waals surface area contributed by atoms with Gasteiger partial charge in [-0.25, -0.2) is 9.78 Å². The summed E-state index contributed by atoms with van der Waals surface area (Å²) in [5.74, 6) is 0.972. The topological polar surface area (TPSA) is 84.1 Å². The standard InChI is InChI=1S/C21H21N3O3S2/c1-3-27-20(26)16-7-4-14(5-8-16)12-29-21(28)22-11-15-6-9-18-17(10-15)19(25)24-13(2)23-18/h4-10H,3,11-12H2,1-2H3,(H,22,28)(H,23,24,25). The fourth-order valence-corrected chi connectivity index (χ4v) is 3.65. The van der Waals surface area contributed by atoms with Crippen molar-refractivity contribution < 1.29 is 9.53 Å². The van der Waals surface area contributed by atoms with Gasteiger partial charge in [0.2, 0.25) is 0 Å². The van der Waals surface area contributed by atoms with Crippen molar-refractivity contribution in [2.45, 2.75) is 26.1 Å². The first kappa shape index (κ1) is 21.0. The van der Waals surface area contributed by atoms with Crippen LogP contribution in [0.3, 0.4) is 0 Å². The van der Waals surface area contributed by atoms with Crippen LogP contribution in [-0.4, -0.2) is 26.9 Å².